The van der Waals surface area contributed by atoms with E-state index in [1.54, 1.807) is 20.3 Å². The Morgan fingerprint density at radius 2 is 2.00 bits per heavy atom. The summed E-state index contributed by atoms with van der Waals surface area (Å²) in [5.41, 5.74) is 1.39. The number of methoxy groups -OCH3 is 2. The highest BCUT2D eigenvalue weighted by Gasteiger charge is 2.26. The van der Waals surface area contributed by atoms with Crippen molar-refractivity contribution in [1.82, 2.24) is 14.8 Å². The molecule has 174 valence electrons. The maximum Gasteiger partial charge on any atom is 0.347 e. The largest absolute Gasteiger partial charge is 0.497 e. The second-order valence-corrected chi connectivity index (χ2v) is 8.13. The first-order valence-corrected chi connectivity index (χ1v) is 11.0. The lowest BCUT2D eigenvalue weighted by molar-refractivity contribution is -0.591. The topological polar surface area (TPSA) is 108 Å². The number of nitrogens with one attached hydrogen (secondary N) is 1. The third kappa shape index (κ3) is 5.01. The number of aromatic nitrogens is 1. The van der Waals surface area contributed by atoms with E-state index in [0.29, 0.717) is 28.8 Å². The van der Waals surface area contributed by atoms with E-state index in [2.05, 4.69) is 14.8 Å². The molecule has 0 radical (unpaired) electrons. The summed E-state index contributed by atoms with van der Waals surface area (Å²) in [6.07, 6.45) is 1.22. The molecule has 3 N–H and O–H groups in total. The number of fused-ring (bicyclic) bond motifs is 1. The zero-order valence-electron chi connectivity index (χ0n) is 19.6. The first kappa shape index (κ1) is 23.9. The van der Waals surface area contributed by atoms with Crippen LogP contribution in [0.3, 0.4) is 0 Å². The summed E-state index contributed by atoms with van der Waals surface area (Å²) in [6, 6.07) is 3.60. The molecule has 0 spiro atoms. The molecule has 1 saturated heterocycles. The van der Waals surface area contributed by atoms with Gasteiger partial charge in [-0.05, 0) is 17.5 Å². The summed E-state index contributed by atoms with van der Waals surface area (Å²) in [5.74, 6) is 1.73. The van der Waals surface area contributed by atoms with Gasteiger partial charge < -0.3 is 29.5 Å². The minimum atomic E-state index is -0.449. The van der Waals surface area contributed by atoms with E-state index < -0.39 is 5.63 Å². The average molecular weight is 445 g/mol. The van der Waals surface area contributed by atoms with Gasteiger partial charge in [-0.3, -0.25) is 4.90 Å². The molecule has 1 aliphatic rings. The molecule has 1 aliphatic heterocycles. The van der Waals surface area contributed by atoms with Crippen molar-refractivity contribution in [1.29, 1.82) is 5.41 Å². The molecule has 0 saturated carbocycles. The second-order valence-electron chi connectivity index (χ2n) is 8.13. The number of ether oxygens (including phenoxy) is 2. The summed E-state index contributed by atoms with van der Waals surface area (Å²) in [6.45, 7) is 9.06. The van der Waals surface area contributed by atoms with Crippen LogP contribution in [0, 0.1) is 5.41 Å². The molecule has 0 amide bonds. The van der Waals surface area contributed by atoms with Crippen molar-refractivity contribution in [2.45, 2.75) is 19.8 Å². The van der Waals surface area contributed by atoms with Gasteiger partial charge in [0.05, 0.1) is 31.7 Å². The van der Waals surface area contributed by atoms with Crippen molar-refractivity contribution in [3.63, 3.8) is 0 Å². The number of hydrogen-bond acceptors (Lipinski definition) is 8. The minimum absolute atomic E-state index is 0.106. The van der Waals surface area contributed by atoms with Crippen molar-refractivity contribution in [2.75, 3.05) is 60.6 Å². The molecule has 0 bridgehead atoms. The molecule has 1 fully saturated rings. The summed E-state index contributed by atoms with van der Waals surface area (Å²) >= 11 is 0. The third-order valence-electron chi connectivity index (χ3n) is 5.84. The van der Waals surface area contributed by atoms with Crippen LogP contribution in [-0.4, -0.2) is 81.6 Å². The monoisotopic (exact) mass is 444 g/mol. The van der Waals surface area contributed by atoms with Crippen LogP contribution < -0.4 is 15.7 Å². The SMILES string of the molecule is C[NH2+]/C(=C(\C=N)c1nc2cc(OC)cc(C(C)C)c2c(=O)o1)N1CCN(CCOC)CC1. The van der Waals surface area contributed by atoms with Gasteiger partial charge in [0.1, 0.15) is 11.3 Å². The van der Waals surface area contributed by atoms with Gasteiger partial charge in [0.2, 0.25) is 11.7 Å². The zero-order chi connectivity index (χ0) is 23.3. The van der Waals surface area contributed by atoms with Crippen LogP contribution in [0.25, 0.3) is 16.5 Å². The number of rotatable bonds is 9. The van der Waals surface area contributed by atoms with E-state index in [9.17, 15) is 4.79 Å². The Kier molecular flexibility index (Phi) is 8.00. The highest BCUT2D eigenvalue weighted by Crippen LogP contribution is 2.28. The van der Waals surface area contributed by atoms with Crippen LogP contribution >= 0.6 is 0 Å². The zero-order valence-corrected chi connectivity index (χ0v) is 19.6. The lowest BCUT2D eigenvalue weighted by Gasteiger charge is -2.35. The third-order valence-corrected chi connectivity index (χ3v) is 5.84. The molecule has 1 aromatic carbocycles. The average Bonchev–Trinajstić information content (AvgIpc) is 2.80. The second kappa shape index (κ2) is 10.7. The summed E-state index contributed by atoms with van der Waals surface area (Å²) < 4.78 is 16.3. The Labute approximate surface area is 188 Å². The Balaban J connectivity index is 2.03. The lowest BCUT2D eigenvalue weighted by Crippen LogP contribution is -2.81. The minimum Gasteiger partial charge on any atom is -0.497 e. The fourth-order valence-electron chi connectivity index (χ4n) is 4.08. The van der Waals surface area contributed by atoms with Gasteiger partial charge in [-0.1, -0.05) is 13.8 Å². The van der Waals surface area contributed by atoms with E-state index in [-0.39, 0.29) is 11.8 Å². The van der Waals surface area contributed by atoms with Crippen molar-refractivity contribution >= 4 is 22.7 Å². The van der Waals surface area contributed by atoms with Crippen molar-refractivity contribution < 1.29 is 19.2 Å². The quantitative estimate of drug-likeness (QED) is 0.558. The van der Waals surface area contributed by atoms with Crippen LogP contribution in [0.2, 0.25) is 0 Å². The molecule has 0 atom stereocenters. The molecule has 2 aromatic rings. The van der Waals surface area contributed by atoms with Crippen LogP contribution in [0.5, 0.6) is 5.75 Å². The lowest BCUT2D eigenvalue weighted by atomic mass is 9.98. The van der Waals surface area contributed by atoms with E-state index in [1.165, 1.54) is 6.21 Å². The van der Waals surface area contributed by atoms with Gasteiger partial charge in [0.25, 0.3) is 0 Å². The normalized spacial score (nSPS) is 15.9. The Morgan fingerprint density at radius 3 is 2.56 bits per heavy atom. The fraction of sp³-hybridized carbons (Fsp3) is 0.522. The molecule has 0 aliphatic carbocycles. The Morgan fingerprint density at radius 1 is 1.28 bits per heavy atom. The number of allylic oxidation sites excluding steroid dienone is 1. The molecule has 9 nitrogen and oxygen atoms in total. The number of piperazine rings is 1. The van der Waals surface area contributed by atoms with Crippen LogP contribution in [0.1, 0.15) is 31.2 Å². The Hall–Kier alpha value is -2.75. The van der Waals surface area contributed by atoms with Gasteiger partial charge >= 0.3 is 5.63 Å². The predicted molar refractivity (Wildman–Crippen MR) is 124 cm³/mol. The predicted octanol–water partition coefficient (Wildman–Crippen LogP) is 1.10. The maximum atomic E-state index is 13.0. The molecule has 0 unspecified atom stereocenters. The number of nitrogens with zero attached hydrogens (tertiary/aromatic N) is 3. The number of benzene rings is 1. The summed E-state index contributed by atoms with van der Waals surface area (Å²) in [7, 11) is 5.23. The van der Waals surface area contributed by atoms with Crippen molar-refractivity contribution in [3.8, 4) is 5.75 Å². The van der Waals surface area contributed by atoms with Gasteiger partial charge in [-0.15, -0.1) is 0 Å². The first-order valence-electron chi connectivity index (χ1n) is 11.0. The number of nitrogens with two attached hydrogens (primary N) is 1. The van der Waals surface area contributed by atoms with E-state index in [1.807, 2.05) is 32.3 Å². The van der Waals surface area contributed by atoms with Crippen molar-refractivity contribution in [2.24, 2.45) is 0 Å². The molecular formula is C23H34N5O4+. The number of hydrogen-bond donors (Lipinski definition) is 2. The maximum absolute atomic E-state index is 13.0. The highest BCUT2D eigenvalue weighted by molar-refractivity contribution is 6.07. The van der Waals surface area contributed by atoms with Gasteiger partial charge in [0, 0.05) is 52.1 Å². The molecule has 1 aromatic heterocycles. The standard InChI is InChI=1S/C23H33N5O4/c1-15(2)17-12-16(31-5)13-19-20(17)23(29)32-22(26-19)18(14-24)21(25-3)28-8-6-27(7-9-28)10-11-30-4/h12-15,24-25H,6-11H2,1-5H3/p+1/b21-18-,24-14?. The molecule has 32 heavy (non-hydrogen) atoms. The van der Waals surface area contributed by atoms with Gasteiger partial charge in [-0.25, -0.2) is 9.78 Å². The van der Waals surface area contributed by atoms with Gasteiger partial charge in [0.15, 0.2) is 0 Å². The van der Waals surface area contributed by atoms with E-state index >= 15 is 0 Å². The summed E-state index contributed by atoms with van der Waals surface area (Å²) in [4.78, 5) is 22.2. The van der Waals surface area contributed by atoms with Crippen LogP contribution in [0.15, 0.2) is 27.2 Å². The molecule has 2 heterocycles. The molecular weight excluding hydrogens is 410 g/mol. The highest BCUT2D eigenvalue weighted by atomic mass is 16.5. The number of quaternary nitrogens is 1. The van der Waals surface area contributed by atoms with E-state index in [0.717, 1.165) is 44.1 Å². The molecule has 3 rings (SSSR count). The first-order chi connectivity index (χ1) is 15.4. The molecule has 9 heteroatoms. The fourth-order valence-corrected chi connectivity index (χ4v) is 4.08. The smallest absolute Gasteiger partial charge is 0.347 e. The van der Waals surface area contributed by atoms with Crippen molar-refractivity contribution in [3.05, 3.63) is 39.8 Å². The Bertz CT molecular complexity index is 1040. The van der Waals surface area contributed by atoms with Crippen LogP contribution in [-0.2, 0) is 4.74 Å². The van der Waals surface area contributed by atoms with Gasteiger partial charge in [-0.2, -0.15) is 0 Å². The van der Waals surface area contributed by atoms with E-state index in [4.69, 9.17) is 19.3 Å². The summed E-state index contributed by atoms with van der Waals surface area (Å²) in [5, 5.41) is 10.5. The van der Waals surface area contributed by atoms with Crippen LogP contribution in [0.4, 0.5) is 0 Å².